The van der Waals surface area contributed by atoms with Crippen molar-refractivity contribution in [1.82, 2.24) is 4.48 Å². The average Bonchev–Trinajstić information content (AvgIpc) is 3.37. The van der Waals surface area contributed by atoms with Gasteiger partial charge in [0.2, 0.25) is 11.4 Å². The average molecular weight is 454 g/mol. The zero-order chi connectivity index (χ0) is 24.0. The molecule has 33 heavy (non-hydrogen) atoms. The molecule has 2 aromatic rings. The molecule has 0 unspecified atom stereocenters. The topological polar surface area (TPSA) is 52.4 Å². The summed E-state index contributed by atoms with van der Waals surface area (Å²) in [6.45, 7) is 7.37. The van der Waals surface area contributed by atoms with Crippen molar-refractivity contribution in [3.8, 4) is 11.5 Å². The van der Waals surface area contributed by atoms with Crippen molar-refractivity contribution < 1.29 is 22.7 Å². The molecule has 0 spiro atoms. The number of halogens is 2. The smallest absolute Gasteiger partial charge is 0.494 e. The summed E-state index contributed by atoms with van der Waals surface area (Å²) in [4.78, 5) is 0. The Morgan fingerprint density at radius 1 is 1.15 bits per heavy atom. The molecular weight excluding hydrogens is 423 g/mol. The minimum atomic E-state index is -2.61. The maximum absolute atomic E-state index is 13.5. The van der Waals surface area contributed by atoms with Gasteiger partial charge in [0.05, 0.1) is 13.2 Å². The van der Waals surface area contributed by atoms with E-state index in [1.165, 1.54) is 6.20 Å². The number of benzene rings is 1. The van der Waals surface area contributed by atoms with Crippen LogP contribution < -0.4 is 15.2 Å². The van der Waals surface area contributed by atoms with Crippen molar-refractivity contribution in [2.45, 2.75) is 27.2 Å². The molecule has 5 nitrogen and oxygen atoms in total. The van der Waals surface area contributed by atoms with Crippen molar-refractivity contribution in [1.29, 1.82) is 0 Å². The van der Waals surface area contributed by atoms with Crippen molar-refractivity contribution in [2.75, 3.05) is 26.8 Å². The number of aromatic nitrogens is 1. The van der Waals surface area contributed by atoms with E-state index in [1.807, 2.05) is 68.8 Å². The van der Waals surface area contributed by atoms with Gasteiger partial charge in [-0.2, -0.15) is 4.58 Å². The predicted molar refractivity (Wildman–Crippen MR) is 131 cm³/mol. The summed E-state index contributed by atoms with van der Waals surface area (Å²) in [5.74, 6) is 1.51. The molecule has 1 aliphatic rings. The van der Waals surface area contributed by atoms with E-state index in [0.717, 1.165) is 44.1 Å². The molecular formula is C25H31BF2N3O2+. The number of nitrogens with zero attached hydrogens (tertiary/aromatic N) is 2. The number of hydrogen-bond donors (Lipinski definition) is 1. The second-order valence-electron chi connectivity index (χ2n) is 7.65. The quantitative estimate of drug-likeness (QED) is 0.412. The molecule has 0 amide bonds. The lowest BCUT2D eigenvalue weighted by molar-refractivity contribution is -0.433. The fourth-order valence-corrected chi connectivity index (χ4v) is 4.08. The largest absolute Gasteiger partial charge is 0.677 e. The Morgan fingerprint density at radius 2 is 1.91 bits per heavy atom. The van der Waals surface area contributed by atoms with Gasteiger partial charge >= 0.3 is 7.40 Å². The first kappa shape index (κ1) is 24.5. The lowest BCUT2D eigenvalue weighted by Crippen LogP contribution is -2.18. The van der Waals surface area contributed by atoms with E-state index in [9.17, 15) is 8.63 Å². The Kier molecular flexibility index (Phi) is 8.28. The van der Waals surface area contributed by atoms with Crippen molar-refractivity contribution in [2.24, 2.45) is 5.73 Å². The predicted octanol–water partition coefficient (Wildman–Crippen LogP) is 4.87. The van der Waals surface area contributed by atoms with Crippen LogP contribution in [0.15, 0.2) is 60.0 Å². The van der Waals surface area contributed by atoms with Crippen LogP contribution in [0.3, 0.4) is 0 Å². The summed E-state index contributed by atoms with van der Waals surface area (Å²) in [6, 6.07) is 9.12. The van der Waals surface area contributed by atoms with Gasteiger partial charge in [-0.15, -0.1) is 0 Å². The van der Waals surface area contributed by atoms with Gasteiger partial charge in [-0.3, -0.25) is 8.63 Å². The van der Waals surface area contributed by atoms with E-state index in [1.54, 1.807) is 12.1 Å². The fourth-order valence-electron chi connectivity index (χ4n) is 4.08. The van der Waals surface area contributed by atoms with Crippen LogP contribution in [0.2, 0.25) is 0 Å². The minimum Gasteiger partial charge on any atom is -0.494 e. The highest BCUT2D eigenvalue weighted by Crippen LogP contribution is 2.31. The molecule has 2 N–H and O–H groups in total. The fraction of sp³-hybridized carbons (Fsp3) is 0.320. The molecule has 3 rings (SSSR count). The van der Waals surface area contributed by atoms with E-state index < -0.39 is 7.40 Å². The van der Waals surface area contributed by atoms with Gasteiger partial charge in [0, 0.05) is 40.6 Å². The summed E-state index contributed by atoms with van der Waals surface area (Å²) < 4.78 is 41.5. The molecule has 1 aromatic heterocycles. The molecule has 8 heteroatoms. The summed E-state index contributed by atoms with van der Waals surface area (Å²) in [5, 5.41) is 0. The van der Waals surface area contributed by atoms with Crippen molar-refractivity contribution >= 4 is 24.8 Å². The monoisotopic (exact) mass is 454 g/mol. The second kappa shape index (κ2) is 11.1. The van der Waals surface area contributed by atoms with E-state index in [0.29, 0.717) is 31.9 Å². The summed E-state index contributed by atoms with van der Waals surface area (Å²) in [6.07, 6.45) is 7.93. The van der Waals surface area contributed by atoms with Gasteiger partial charge in [-0.05, 0) is 70.3 Å². The molecule has 1 aliphatic heterocycles. The summed E-state index contributed by atoms with van der Waals surface area (Å²) in [5.41, 5.74) is 10.9. The van der Waals surface area contributed by atoms with Gasteiger partial charge in [-0.25, -0.2) is 0 Å². The van der Waals surface area contributed by atoms with Crippen LogP contribution in [0.25, 0.3) is 11.6 Å². The van der Waals surface area contributed by atoms with Gasteiger partial charge in [0.1, 0.15) is 18.5 Å². The molecule has 0 atom stereocenters. The van der Waals surface area contributed by atoms with Crippen molar-refractivity contribution in [3.05, 3.63) is 71.2 Å². The molecule has 0 fully saturated rings. The van der Waals surface area contributed by atoms with Crippen LogP contribution in [0.5, 0.6) is 11.5 Å². The molecule has 0 radical (unpaired) electrons. The van der Waals surface area contributed by atoms with E-state index in [2.05, 4.69) is 0 Å². The Morgan fingerprint density at radius 3 is 2.58 bits per heavy atom. The SMILES string of the molecule is CCOc1ccc(/C=C/C2=[N+](C)C(=C(/CCN)c3cccn3B(F)F)/C(C)=C2)c(OCC)c1. The Labute approximate surface area is 194 Å². The van der Waals surface area contributed by atoms with E-state index >= 15 is 0 Å². The van der Waals surface area contributed by atoms with Crippen LogP contribution >= 0.6 is 0 Å². The molecule has 2 heterocycles. The number of nitrogens with two attached hydrogens (primary N) is 1. The first-order valence-corrected chi connectivity index (χ1v) is 11.2. The number of ether oxygens (including phenoxy) is 2. The molecule has 0 bridgehead atoms. The van der Waals surface area contributed by atoms with Gasteiger partial charge in [0.15, 0.2) is 0 Å². The van der Waals surface area contributed by atoms with Crippen LogP contribution in [-0.2, 0) is 0 Å². The highest BCUT2D eigenvalue weighted by atomic mass is 19.2. The number of likely N-dealkylation sites (N-methyl/N-ethyl adjacent to an activating group) is 1. The normalized spacial score (nSPS) is 15.3. The first-order chi connectivity index (χ1) is 15.9. The highest BCUT2D eigenvalue weighted by Gasteiger charge is 2.30. The Balaban J connectivity index is 2.02. The van der Waals surface area contributed by atoms with Crippen LogP contribution in [0, 0.1) is 0 Å². The zero-order valence-corrected chi connectivity index (χ0v) is 19.6. The van der Waals surface area contributed by atoms with Gasteiger partial charge < -0.3 is 19.7 Å². The van der Waals surface area contributed by atoms with Crippen LogP contribution in [0.1, 0.15) is 38.4 Å². The second-order valence-corrected chi connectivity index (χ2v) is 7.65. The number of allylic oxidation sites excluding steroid dienone is 3. The van der Waals surface area contributed by atoms with Crippen LogP contribution in [-0.4, -0.2) is 49.0 Å². The van der Waals surface area contributed by atoms with Gasteiger partial charge in [0.25, 0.3) is 0 Å². The number of hydrogen-bond acceptors (Lipinski definition) is 3. The third-order valence-corrected chi connectivity index (χ3v) is 5.47. The lowest BCUT2D eigenvalue weighted by Gasteiger charge is -2.12. The Hall–Kier alpha value is -3.13. The third-order valence-electron chi connectivity index (χ3n) is 5.47. The van der Waals surface area contributed by atoms with E-state index in [-0.39, 0.29) is 0 Å². The first-order valence-electron chi connectivity index (χ1n) is 11.2. The minimum absolute atomic E-state index is 0.365. The highest BCUT2D eigenvalue weighted by molar-refractivity contribution is 6.41. The summed E-state index contributed by atoms with van der Waals surface area (Å²) in [7, 11) is -0.671. The summed E-state index contributed by atoms with van der Waals surface area (Å²) >= 11 is 0. The van der Waals surface area contributed by atoms with Gasteiger partial charge in [-0.1, -0.05) is 0 Å². The standard InChI is InChI=1S/C25H31BF2N3O2/c1-5-32-21-12-10-19(24(17-21)33-6-2)9-11-20-16-18(3)25(30(20)4)22(13-14-29)23-8-7-15-31(23)26(27)28/h7-12,15-17H,5-6,13-14,29H2,1-4H3/q+1/b11-9+. The molecule has 0 saturated carbocycles. The molecule has 1 aromatic carbocycles. The maximum atomic E-state index is 13.5. The number of rotatable bonds is 10. The molecule has 0 saturated heterocycles. The third kappa shape index (κ3) is 5.45. The zero-order valence-electron chi connectivity index (χ0n) is 19.6. The molecule has 0 aliphatic carbocycles. The maximum Gasteiger partial charge on any atom is 0.677 e. The lowest BCUT2D eigenvalue weighted by atomic mass is 10.0. The van der Waals surface area contributed by atoms with Crippen LogP contribution in [0.4, 0.5) is 8.63 Å². The van der Waals surface area contributed by atoms with Crippen molar-refractivity contribution in [3.63, 3.8) is 0 Å². The van der Waals surface area contributed by atoms with E-state index in [4.69, 9.17) is 15.2 Å². The molecule has 174 valence electrons. The Bertz CT molecular complexity index is 1120.